The Hall–Kier alpha value is -1.69. The van der Waals surface area contributed by atoms with Crippen molar-refractivity contribution in [3.63, 3.8) is 0 Å². The van der Waals surface area contributed by atoms with Crippen LogP contribution in [0.15, 0.2) is 18.5 Å². The number of amides is 1. The molecule has 1 aliphatic carbocycles. The molecule has 1 fully saturated rings. The highest BCUT2D eigenvalue weighted by molar-refractivity contribution is 7.80. The van der Waals surface area contributed by atoms with Gasteiger partial charge >= 0.3 is 0 Å². The van der Waals surface area contributed by atoms with Gasteiger partial charge in [-0.25, -0.2) is 0 Å². The zero-order valence-corrected chi connectivity index (χ0v) is 12.0. The Balaban J connectivity index is 2.10. The molecule has 1 unspecified atom stereocenters. The Bertz CT molecular complexity index is 501. The van der Waals surface area contributed by atoms with Gasteiger partial charge in [-0.05, 0) is 24.8 Å². The minimum absolute atomic E-state index is 0.143. The molecule has 1 aromatic rings. The number of nitrogens with one attached hydrogen (secondary N) is 1. The van der Waals surface area contributed by atoms with Gasteiger partial charge in [0.05, 0.1) is 22.8 Å². The van der Waals surface area contributed by atoms with Gasteiger partial charge in [-0.1, -0.05) is 31.5 Å². The number of carbonyl (C=O) groups is 1. The van der Waals surface area contributed by atoms with E-state index in [2.05, 4.69) is 10.3 Å². The first-order chi connectivity index (χ1) is 9.59. The Morgan fingerprint density at radius 2 is 2.15 bits per heavy atom. The number of nitrogens with zero attached hydrogens (tertiary/aromatic N) is 1. The molecule has 5 nitrogen and oxygen atoms in total. The molecule has 6 heteroatoms. The van der Waals surface area contributed by atoms with Crippen LogP contribution < -0.4 is 11.1 Å². The summed E-state index contributed by atoms with van der Waals surface area (Å²) in [6, 6.07) is 1.16. The number of rotatable bonds is 4. The number of hydrogen-bond donors (Lipinski definition) is 3. The summed E-state index contributed by atoms with van der Waals surface area (Å²) in [5, 5.41) is 12.5. The van der Waals surface area contributed by atoms with Crippen LogP contribution in [0, 0.1) is 5.92 Å². The van der Waals surface area contributed by atoms with Gasteiger partial charge in [0.25, 0.3) is 5.91 Å². The van der Waals surface area contributed by atoms with Crippen LogP contribution in [0.25, 0.3) is 0 Å². The van der Waals surface area contributed by atoms with E-state index in [4.69, 9.17) is 18.0 Å². The van der Waals surface area contributed by atoms with Crippen LogP contribution in [-0.4, -0.2) is 27.0 Å². The van der Waals surface area contributed by atoms with Gasteiger partial charge < -0.3 is 16.2 Å². The maximum absolute atomic E-state index is 12.2. The zero-order valence-electron chi connectivity index (χ0n) is 11.2. The van der Waals surface area contributed by atoms with Crippen molar-refractivity contribution in [2.24, 2.45) is 11.7 Å². The van der Waals surface area contributed by atoms with Gasteiger partial charge in [0.1, 0.15) is 5.75 Å². The average molecular weight is 293 g/mol. The molecule has 0 bridgehead atoms. The Kier molecular flexibility index (Phi) is 4.89. The van der Waals surface area contributed by atoms with Crippen LogP contribution >= 0.6 is 12.2 Å². The predicted molar refractivity (Wildman–Crippen MR) is 80.5 cm³/mol. The smallest absolute Gasteiger partial charge is 0.255 e. The van der Waals surface area contributed by atoms with Gasteiger partial charge in [0, 0.05) is 6.20 Å². The first-order valence-electron chi connectivity index (χ1n) is 6.82. The highest BCUT2D eigenvalue weighted by Crippen LogP contribution is 2.27. The normalized spacial score (nSPS) is 17.4. The van der Waals surface area contributed by atoms with Crippen molar-refractivity contribution in [1.82, 2.24) is 10.3 Å². The van der Waals surface area contributed by atoms with E-state index in [1.807, 2.05) is 0 Å². The lowest BCUT2D eigenvalue weighted by atomic mass is 9.83. The number of aromatic hydroxyl groups is 1. The molecule has 20 heavy (non-hydrogen) atoms. The summed E-state index contributed by atoms with van der Waals surface area (Å²) in [4.78, 5) is 16.3. The lowest BCUT2D eigenvalue weighted by Crippen LogP contribution is -2.48. The molecule has 108 valence electrons. The topological polar surface area (TPSA) is 88.2 Å². The van der Waals surface area contributed by atoms with Crippen LogP contribution in [-0.2, 0) is 0 Å². The first-order valence-corrected chi connectivity index (χ1v) is 7.23. The molecule has 1 amide bonds. The van der Waals surface area contributed by atoms with E-state index >= 15 is 0 Å². The van der Waals surface area contributed by atoms with E-state index in [0.29, 0.717) is 4.99 Å². The van der Waals surface area contributed by atoms with Gasteiger partial charge in [-0.15, -0.1) is 0 Å². The number of nitrogens with two attached hydrogens (primary N) is 1. The van der Waals surface area contributed by atoms with Crippen LogP contribution in [0.4, 0.5) is 0 Å². The largest absolute Gasteiger partial charge is 0.505 e. The third-order valence-corrected chi connectivity index (χ3v) is 4.01. The lowest BCUT2D eigenvalue weighted by molar-refractivity contribution is 0.0929. The summed E-state index contributed by atoms with van der Waals surface area (Å²) >= 11 is 5.09. The number of pyridine rings is 1. The van der Waals surface area contributed by atoms with Crippen molar-refractivity contribution < 1.29 is 9.90 Å². The second-order valence-corrected chi connectivity index (χ2v) is 5.62. The standard InChI is InChI=1S/C14H19N3O2S/c15-13(20)12(9-4-2-1-3-5-9)17-14(19)10-6-7-16-8-11(10)18/h6-9,12,18H,1-5H2,(H2,15,20)(H,17,19). The number of aromatic nitrogens is 1. The molecule has 0 aromatic carbocycles. The fraction of sp³-hybridized carbons (Fsp3) is 0.500. The lowest BCUT2D eigenvalue weighted by Gasteiger charge is -2.30. The quantitative estimate of drug-likeness (QED) is 0.736. The fourth-order valence-corrected chi connectivity index (χ4v) is 2.94. The van der Waals surface area contributed by atoms with Crippen LogP contribution in [0.3, 0.4) is 0 Å². The molecule has 2 rings (SSSR count). The van der Waals surface area contributed by atoms with Gasteiger partial charge in [-0.3, -0.25) is 9.78 Å². The third-order valence-electron chi connectivity index (χ3n) is 3.76. The Morgan fingerprint density at radius 1 is 1.45 bits per heavy atom. The monoisotopic (exact) mass is 293 g/mol. The zero-order chi connectivity index (χ0) is 14.5. The maximum Gasteiger partial charge on any atom is 0.255 e. The Morgan fingerprint density at radius 3 is 2.75 bits per heavy atom. The van der Waals surface area contributed by atoms with Crippen molar-refractivity contribution in [2.75, 3.05) is 0 Å². The minimum atomic E-state index is -0.367. The molecule has 0 aliphatic heterocycles. The van der Waals surface area contributed by atoms with Crippen LogP contribution in [0.1, 0.15) is 42.5 Å². The fourth-order valence-electron chi connectivity index (χ4n) is 2.69. The van der Waals surface area contributed by atoms with Crippen molar-refractivity contribution in [3.8, 4) is 5.75 Å². The van der Waals surface area contributed by atoms with Crippen LogP contribution in [0.5, 0.6) is 5.75 Å². The van der Waals surface area contributed by atoms with Gasteiger partial charge in [0.15, 0.2) is 0 Å². The highest BCUT2D eigenvalue weighted by atomic mass is 32.1. The van der Waals surface area contributed by atoms with Crippen molar-refractivity contribution in [3.05, 3.63) is 24.0 Å². The minimum Gasteiger partial charge on any atom is -0.505 e. The summed E-state index contributed by atoms with van der Waals surface area (Å²) < 4.78 is 0. The third kappa shape index (κ3) is 3.45. The number of hydrogen-bond acceptors (Lipinski definition) is 4. The average Bonchev–Trinajstić information content (AvgIpc) is 2.45. The molecule has 1 saturated carbocycles. The molecular weight excluding hydrogens is 274 g/mol. The van der Waals surface area contributed by atoms with E-state index in [9.17, 15) is 9.90 Å². The molecule has 0 radical (unpaired) electrons. The van der Waals surface area contributed by atoms with Gasteiger partial charge in [-0.2, -0.15) is 0 Å². The van der Waals surface area contributed by atoms with Crippen molar-refractivity contribution >= 4 is 23.1 Å². The maximum atomic E-state index is 12.2. The van der Waals surface area contributed by atoms with Gasteiger partial charge in [0.2, 0.25) is 0 Å². The molecule has 0 saturated heterocycles. The molecule has 1 atom stereocenters. The number of thiocarbonyl (C=S) groups is 1. The SMILES string of the molecule is NC(=S)C(NC(=O)c1ccncc1O)C1CCCCC1. The first kappa shape index (κ1) is 14.7. The summed E-state index contributed by atoms with van der Waals surface area (Å²) in [6.45, 7) is 0. The van der Waals surface area contributed by atoms with E-state index in [0.717, 1.165) is 25.7 Å². The highest BCUT2D eigenvalue weighted by Gasteiger charge is 2.28. The van der Waals surface area contributed by atoms with Crippen LogP contribution in [0.2, 0.25) is 0 Å². The van der Waals surface area contributed by atoms with Crippen molar-refractivity contribution in [2.45, 2.75) is 38.1 Å². The van der Waals surface area contributed by atoms with E-state index < -0.39 is 0 Å². The second kappa shape index (κ2) is 6.65. The summed E-state index contributed by atoms with van der Waals surface area (Å²) in [7, 11) is 0. The summed E-state index contributed by atoms with van der Waals surface area (Å²) in [5.41, 5.74) is 5.97. The summed E-state index contributed by atoms with van der Waals surface area (Å²) in [5.74, 6) is -0.224. The predicted octanol–water partition coefficient (Wildman–Crippen LogP) is 1.75. The number of carbonyl (C=O) groups excluding carboxylic acids is 1. The van der Waals surface area contributed by atoms with Crippen molar-refractivity contribution in [1.29, 1.82) is 0 Å². The van der Waals surface area contributed by atoms with E-state index in [-0.39, 0.29) is 29.2 Å². The summed E-state index contributed by atoms with van der Waals surface area (Å²) in [6.07, 6.45) is 8.24. The molecule has 1 aliphatic rings. The second-order valence-electron chi connectivity index (χ2n) is 5.14. The molecule has 1 heterocycles. The molecule has 1 aromatic heterocycles. The molecular formula is C14H19N3O2S. The van der Waals surface area contributed by atoms with E-state index in [1.165, 1.54) is 24.9 Å². The molecule has 0 spiro atoms. The van der Waals surface area contributed by atoms with E-state index in [1.54, 1.807) is 0 Å². The Labute approximate surface area is 123 Å². The molecule has 4 N–H and O–H groups in total.